The molecule has 0 saturated heterocycles. The molecule has 0 radical (unpaired) electrons. The third kappa shape index (κ3) is 4.03. The first-order valence-electron chi connectivity index (χ1n) is 7.05. The van der Waals surface area contributed by atoms with Crippen LogP contribution in [0.4, 0.5) is 0 Å². The van der Waals surface area contributed by atoms with Crippen molar-refractivity contribution in [3.05, 3.63) is 70.8 Å². The molecule has 0 unspecified atom stereocenters. The number of carbonyl (C=O) groups excluding carboxylic acids is 1. The molecule has 1 N–H and O–H groups in total. The second-order valence-corrected chi connectivity index (χ2v) is 5.01. The molecule has 2 aromatic carbocycles. The summed E-state index contributed by atoms with van der Waals surface area (Å²) in [7, 11) is 1.47. The zero-order valence-electron chi connectivity index (χ0n) is 12.9. The first-order chi connectivity index (χ1) is 11.0. The Hall–Kier alpha value is -2.95. The Bertz CT molecular complexity index is 765. The van der Waals surface area contributed by atoms with Crippen LogP contribution in [0.25, 0.3) is 0 Å². The molecule has 2 rings (SSSR count). The number of aromatic carboxylic acids is 1. The lowest BCUT2D eigenvalue weighted by molar-refractivity contribution is 0.0692. The highest BCUT2D eigenvalue weighted by Crippen LogP contribution is 2.14. The predicted octanol–water partition coefficient (Wildman–Crippen LogP) is 3.18. The van der Waals surface area contributed by atoms with Gasteiger partial charge in [-0.05, 0) is 30.2 Å². The van der Waals surface area contributed by atoms with E-state index in [9.17, 15) is 14.7 Å². The first kappa shape index (κ1) is 16.4. The molecule has 0 aliphatic rings. The summed E-state index contributed by atoms with van der Waals surface area (Å²) in [5, 5.41) is 13.0. The number of Topliss-reactive ketones (excluding diaryl/α,β-unsaturated/α-hetero) is 1. The summed E-state index contributed by atoms with van der Waals surface area (Å²) >= 11 is 0. The quantitative estimate of drug-likeness (QED) is 0.505. The van der Waals surface area contributed by atoms with Gasteiger partial charge < -0.3 is 9.94 Å². The lowest BCUT2D eigenvalue weighted by Crippen LogP contribution is -2.11. The van der Waals surface area contributed by atoms with Crippen molar-refractivity contribution in [3.63, 3.8) is 0 Å². The monoisotopic (exact) mass is 311 g/mol. The summed E-state index contributed by atoms with van der Waals surface area (Å²) in [6.45, 7) is 1.81. The van der Waals surface area contributed by atoms with Crippen LogP contribution in [0.1, 0.15) is 38.8 Å². The number of carboxylic acid groups (broad SMARTS) is 1. The molecule has 0 aliphatic heterocycles. The molecular weight excluding hydrogens is 294 g/mol. The van der Waals surface area contributed by atoms with E-state index in [-0.39, 0.29) is 23.3 Å². The summed E-state index contributed by atoms with van der Waals surface area (Å²) in [5.74, 6) is -1.34. The maximum Gasteiger partial charge on any atom is 0.336 e. The Balaban J connectivity index is 2.26. The van der Waals surface area contributed by atoms with E-state index in [4.69, 9.17) is 4.84 Å². The lowest BCUT2D eigenvalue weighted by Gasteiger charge is -2.07. The van der Waals surface area contributed by atoms with Gasteiger partial charge in [-0.1, -0.05) is 41.6 Å². The zero-order chi connectivity index (χ0) is 16.8. The van der Waals surface area contributed by atoms with Gasteiger partial charge in [0.05, 0.1) is 11.3 Å². The van der Waals surface area contributed by atoms with E-state index < -0.39 is 5.97 Å². The molecule has 118 valence electrons. The highest BCUT2D eigenvalue weighted by molar-refractivity contribution is 6.06. The van der Waals surface area contributed by atoms with Crippen molar-refractivity contribution in [2.45, 2.75) is 13.3 Å². The van der Waals surface area contributed by atoms with Crippen molar-refractivity contribution < 1.29 is 19.5 Å². The van der Waals surface area contributed by atoms with Crippen LogP contribution in [0.3, 0.4) is 0 Å². The van der Waals surface area contributed by atoms with Crippen LogP contribution < -0.4 is 0 Å². The molecule has 0 spiro atoms. The summed E-state index contributed by atoms with van der Waals surface area (Å²) in [5.41, 5.74) is 2.58. The van der Waals surface area contributed by atoms with Gasteiger partial charge in [0.1, 0.15) is 7.11 Å². The van der Waals surface area contributed by atoms with E-state index in [1.807, 2.05) is 31.2 Å². The maximum atomic E-state index is 12.4. The van der Waals surface area contributed by atoms with Gasteiger partial charge in [-0.15, -0.1) is 0 Å². The van der Waals surface area contributed by atoms with Crippen LogP contribution in [0.2, 0.25) is 0 Å². The van der Waals surface area contributed by atoms with Crippen molar-refractivity contribution >= 4 is 17.5 Å². The van der Waals surface area contributed by atoms with Gasteiger partial charge in [0.15, 0.2) is 5.78 Å². The number of nitrogens with zero attached hydrogens (tertiary/aromatic N) is 1. The van der Waals surface area contributed by atoms with Crippen molar-refractivity contribution in [2.24, 2.45) is 5.16 Å². The van der Waals surface area contributed by atoms with E-state index in [1.165, 1.54) is 19.2 Å². The van der Waals surface area contributed by atoms with E-state index >= 15 is 0 Å². The number of rotatable bonds is 6. The molecule has 0 amide bonds. The fraction of sp³-hybridized carbons (Fsp3) is 0.167. The molecule has 0 atom stereocenters. The Morgan fingerprint density at radius 3 is 2.43 bits per heavy atom. The van der Waals surface area contributed by atoms with Crippen LogP contribution in [0.5, 0.6) is 0 Å². The van der Waals surface area contributed by atoms with Crippen molar-refractivity contribution in [1.29, 1.82) is 0 Å². The Kier molecular flexibility index (Phi) is 5.25. The molecule has 23 heavy (non-hydrogen) atoms. The van der Waals surface area contributed by atoms with Crippen LogP contribution in [0, 0.1) is 0 Å². The predicted molar refractivity (Wildman–Crippen MR) is 87.1 cm³/mol. The summed E-state index contributed by atoms with van der Waals surface area (Å²) < 4.78 is 0. The van der Waals surface area contributed by atoms with Gasteiger partial charge in [0.2, 0.25) is 0 Å². The molecule has 5 heteroatoms. The summed E-state index contributed by atoms with van der Waals surface area (Å²) in [6.07, 6.45) is 0.123. The highest BCUT2D eigenvalue weighted by Gasteiger charge is 2.16. The minimum atomic E-state index is -1.11. The normalized spacial score (nSPS) is 11.1. The minimum absolute atomic E-state index is 0.0192. The van der Waals surface area contributed by atoms with E-state index in [1.54, 1.807) is 12.1 Å². The van der Waals surface area contributed by atoms with Crippen LogP contribution in [-0.2, 0) is 11.3 Å². The van der Waals surface area contributed by atoms with Crippen molar-refractivity contribution in [1.82, 2.24) is 0 Å². The zero-order valence-corrected chi connectivity index (χ0v) is 12.9. The summed E-state index contributed by atoms with van der Waals surface area (Å²) in [4.78, 5) is 28.4. The second-order valence-electron chi connectivity index (χ2n) is 5.01. The Morgan fingerprint density at radius 1 is 1.09 bits per heavy atom. The number of hydrogen-bond acceptors (Lipinski definition) is 4. The molecule has 5 nitrogen and oxygen atoms in total. The molecule has 0 aromatic heterocycles. The largest absolute Gasteiger partial charge is 0.478 e. The molecule has 0 saturated carbocycles. The number of oxime groups is 1. The van der Waals surface area contributed by atoms with Crippen molar-refractivity contribution in [2.75, 3.05) is 7.11 Å². The van der Waals surface area contributed by atoms with Gasteiger partial charge in [0.25, 0.3) is 0 Å². The highest BCUT2D eigenvalue weighted by atomic mass is 16.6. The average molecular weight is 311 g/mol. The van der Waals surface area contributed by atoms with Crippen LogP contribution >= 0.6 is 0 Å². The molecule has 2 aromatic rings. The third-order valence-electron chi connectivity index (χ3n) is 3.40. The van der Waals surface area contributed by atoms with Gasteiger partial charge in [0, 0.05) is 12.0 Å². The molecule has 0 heterocycles. The number of benzene rings is 2. The second kappa shape index (κ2) is 7.35. The standard InChI is InChI=1S/C18H17NO4/c1-12(19-23-2)14-7-5-6-13(10-14)11-17(20)15-8-3-4-9-16(15)18(21)22/h3-10H,11H2,1-2H3,(H,21,22). The van der Waals surface area contributed by atoms with Gasteiger partial charge in [-0.3, -0.25) is 4.79 Å². The molecule has 0 bridgehead atoms. The summed E-state index contributed by atoms with van der Waals surface area (Å²) in [6, 6.07) is 13.6. The maximum absolute atomic E-state index is 12.4. The van der Waals surface area contributed by atoms with Gasteiger partial charge >= 0.3 is 5.97 Å². The smallest absolute Gasteiger partial charge is 0.336 e. The fourth-order valence-corrected chi connectivity index (χ4v) is 2.29. The number of carboxylic acids is 1. The number of ketones is 1. The molecule has 0 aliphatic carbocycles. The fourth-order valence-electron chi connectivity index (χ4n) is 2.29. The SMILES string of the molecule is CON=C(C)c1cccc(CC(=O)c2ccccc2C(=O)O)c1. The van der Waals surface area contributed by atoms with Gasteiger partial charge in [-0.2, -0.15) is 0 Å². The number of carbonyl (C=O) groups is 2. The van der Waals surface area contributed by atoms with E-state index in [2.05, 4.69) is 5.16 Å². The molecule has 0 fully saturated rings. The first-order valence-corrected chi connectivity index (χ1v) is 7.05. The van der Waals surface area contributed by atoms with Crippen LogP contribution in [-0.4, -0.2) is 29.7 Å². The average Bonchev–Trinajstić information content (AvgIpc) is 2.55. The Morgan fingerprint density at radius 2 is 1.78 bits per heavy atom. The van der Waals surface area contributed by atoms with E-state index in [0.717, 1.165) is 11.1 Å². The van der Waals surface area contributed by atoms with E-state index in [0.29, 0.717) is 5.71 Å². The minimum Gasteiger partial charge on any atom is -0.478 e. The van der Waals surface area contributed by atoms with Gasteiger partial charge in [-0.25, -0.2) is 4.79 Å². The number of hydrogen-bond donors (Lipinski definition) is 1. The van der Waals surface area contributed by atoms with Crippen molar-refractivity contribution in [3.8, 4) is 0 Å². The van der Waals surface area contributed by atoms with Crippen LogP contribution in [0.15, 0.2) is 53.7 Å². The lowest BCUT2D eigenvalue weighted by atomic mass is 9.97. The molecular formula is C18H17NO4. The Labute approximate surface area is 134 Å². The third-order valence-corrected chi connectivity index (χ3v) is 3.40. The topological polar surface area (TPSA) is 76.0 Å².